The molecule has 11 heteroatoms. The first-order chi connectivity index (χ1) is 38.2. The molecule has 452 valence electrons. The van der Waals surface area contributed by atoms with Crippen LogP contribution in [0.5, 0.6) is 0 Å². The number of aliphatic hydroxyl groups excluding tert-OH is 5. The van der Waals surface area contributed by atoms with E-state index in [0.717, 1.165) is 103 Å². The summed E-state index contributed by atoms with van der Waals surface area (Å²) in [6.45, 7) is 5.73. The van der Waals surface area contributed by atoms with Crippen molar-refractivity contribution in [1.82, 2.24) is 5.32 Å². The largest absolute Gasteiger partial charge is 0.454 e. The van der Waals surface area contributed by atoms with Gasteiger partial charge in [0, 0.05) is 6.42 Å². The van der Waals surface area contributed by atoms with Crippen LogP contribution >= 0.6 is 0 Å². The van der Waals surface area contributed by atoms with Crippen LogP contribution in [0.2, 0.25) is 0 Å². The summed E-state index contributed by atoms with van der Waals surface area (Å²) in [4.78, 5) is 26.6. The van der Waals surface area contributed by atoms with E-state index in [9.17, 15) is 35.1 Å². The molecule has 0 aliphatic carbocycles. The Hall–Kier alpha value is -2.90. The third-order valence-electron chi connectivity index (χ3n) is 14.9. The molecule has 0 aromatic rings. The maximum atomic E-state index is 13.4. The number of hydrogen-bond donors (Lipinski definition) is 6. The van der Waals surface area contributed by atoms with E-state index < -0.39 is 67.4 Å². The lowest BCUT2D eigenvalue weighted by Gasteiger charge is -2.41. The first-order valence-electron chi connectivity index (χ1n) is 32.2. The minimum absolute atomic E-state index is 0.108. The summed E-state index contributed by atoms with van der Waals surface area (Å²) in [5.41, 5.74) is 0. The summed E-state index contributed by atoms with van der Waals surface area (Å²) < 4.78 is 17.6. The van der Waals surface area contributed by atoms with Gasteiger partial charge < -0.3 is 45.1 Å². The van der Waals surface area contributed by atoms with Crippen molar-refractivity contribution < 1.29 is 49.3 Å². The van der Waals surface area contributed by atoms with E-state index in [1.807, 2.05) is 6.08 Å². The first kappa shape index (κ1) is 73.1. The lowest BCUT2D eigenvalue weighted by Crippen LogP contribution is -2.61. The Morgan fingerprint density at radius 3 is 1.42 bits per heavy atom. The van der Waals surface area contributed by atoms with Gasteiger partial charge in [-0.25, -0.2) is 0 Å². The molecular formula is C67H119NO10. The van der Waals surface area contributed by atoms with Crippen molar-refractivity contribution in [3.05, 3.63) is 72.9 Å². The van der Waals surface area contributed by atoms with E-state index in [1.54, 1.807) is 6.08 Å². The van der Waals surface area contributed by atoms with Crippen molar-refractivity contribution in [2.24, 2.45) is 0 Å². The number of rotatable bonds is 54. The number of carbonyl (C=O) groups excluding carboxylic acids is 2. The number of nitrogens with one attached hydrogen (secondary N) is 1. The van der Waals surface area contributed by atoms with Gasteiger partial charge in [0.05, 0.1) is 25.4 Å². The SMILES string of the molecule is CCCCC/C=C\C/C=C\C/C=C\CCCCCCCCCCCC(O)C(=O)NC(COC1OC(CO)C(O)C(O)C1OC(=O)CCCCCCCC/C=C/C=C/CCCCC)C(O)/C=C/CCCCCCCCCCCC. The highest BCUT2D eigenvalue weighted by Gasteiger charge is 2.47. The monoisotopic (exact) mass is 1100 g/mol. The summed E-state index contributed by atoms with van der Waals surface area (Å²) in [5, 5.41) is 57.0. The summed E-state index contributed by atoms with van der Waals surface area (Å²) in [5.74, 6) is -1.21. The molecule has 6 N–H and O–H groups in total. The zero-order valence-corrected chi connectivity index (χ0v) is 50.0. The van der Waals surface area contributed by atoms with Crippen molar-refractivity contribution in [2.75, 3.05) is 13.2 Å². The van der Waals surface area contributed by atoms with Crippen molar-refractivity contribution in [2.45, 2.75) is 327 Å². The van der Waals surface area contributed by atoms with Crippen molar-refractivity contribution in [1.29, 1.82) is 0 Å². The number of ether oxygens (including phenoxy) is 3. The van der Waals surface area contributed by atoms with Crippen LogP contribution in [0.1, 0.15) is 278 Å². The fourth-order valence-electron chi connectivity index (χ4n) is 9.71. The molecule has 1 rings (SSSR count). The number of amides is 1. The van der Waals surface area contributed by atoms with Crippen LogP contribution in [0.4, 0.5) is 0 Å². The number of allylic oxidation sites excluding steroid dienone is 11. The van der Waals surface area contributed by atoms with Gasteiger partial charge in [0.25, 0.3) is 0 Å². The van der Waals surface area contributed by atoms with E-state index in [4.69, 9.17) is 14.2 Å². The van der Waals surface area contributed by atoms with Gasteiger partial charge in [0.1, 0.15) is 24.4 Å². The molecule has 0 spiro atoms. The standard InChI is InChI=1S/C67H119NO10/c1-4-7-10-13-16-19-22-25-27-28-29-30-31-32-33-35-36-39-42-45-48-51-54-60(71)66(75)68-58(59(70)53-50-47-44-41-38-24-21-18-15-12-9-6-3)57-76-67-65(64(74)63(73)61(56-69)77-67)78-62(72)55-52-49-46-43-40-37-34-26-23-20-17-14-11-8-5-2/h16-17,19-20,23,25-27,29-30,50,53,58-61,63-65,67,69-71,73-74H,4-15,18,21-22,24,28,31-49,51-52,54-57H2,1-3H3,(H,68,75)/b19-16-,20-17+,26-23+,27-25-,30-29-,53-50+. The second-order valence-corrected chi connectivity index (χ2v) is 22.2. The van der Waals surface area contributed by atoms with Gasteiger partial charge in [0.2, 0.25) is 5.91 Å². The minimum Gasteiger partial charge on any atom is -0.454 e. The van der Waals surface area contributed by atoms with Crippen LogP contribution in [0.3, 0.4) is 0 Å². The normalized spacial score (nSPS) is 19.4. The Labute approximate surface area is 477 Å². The zero-order valence-electron chi connectivity index (χ0n) is 50.0. The number of esters is 1. The van der Waals surface area contributed by atoms with Crippen LogP contribution in [-0.2, 0) is 23.8 Å². The molecule has 0 radical (unpaired) electrons. The third kappa shape index (κ3) is 42.0. The van der Waals surface area contributed by atoms with E-state index in [-0.39, 0.29) is 19.4 Å². The molecular weight excluding hydrogens is 979 g/mol. The average molecular weight is 1100 g/mol. The number of carbonyl (C=O) groups is 2. The summed E-state index contributed by atoms with van der Waals surface area (Å²) >= 11 is 0. The Kier molecular flexibility index (Phi) is 51.3. The molecule has 1 aliphatic heterocycles. The molecule has 0 aromatic carbocycles. The highest BCUT2D eigenvalue weighted by atomic mass is 16.7. The van der Waals surface area contributed by atoms with Gasteiger partial charge in [-0.15, -0.1) is 0 Å². The first-order valence-corrected chi connectivity index (χ1v) is 32.2. The second-order valence-electron chi connectivity index (χ2n) is 22.2. The molecule has 78 heavy (non-hydrogen) atoms. The van der Waals surface area contributed by atoms with Crippen LogP contribution in [0, 0.1) is 0 Å². The maximum Gasteiger partial charge on any atom is 0.306 e. The average Bonchev–Trinajstić information content (AvgIpc) is 3.44. The molecule has 0 aromatic heterocycles. The van der Waals surface area contributed by atoms with Crippen molar-refractivity contribution in [3.8, 4) is 0 Å². The van der Waals surface area contributed by atoms with Crippen molar-refractivity contribution in [3.63, 3.8) is 0 Å². The Morgan fingerprint density at radius 2 is 0.923 bits per heavy atom. The fourth-order valence-corrected chi connectivity index (χ4v) is 9.71. The van der Waals surface area contributed by atoms with E-state index in [2.05, 4.69) is 86.8 Å². The fraction of sp³-hybridized carbons (Fsp3) is 0.791. The molecule has 1 heterocycles. The molecule has 8 unspecified atom stereocenters. The molecule has 0 saturated carbocycles. The topological polar surface area (TPSA) is 175 Å². The van der Waals surface area contributed by atoms with E-state index >= 15 is 0 Å². The third-order valence-corrected chi connectivity index (χ3v) is 14.9. The Balaban J connectivity index is 2.65. The molecule has 1 amide bonds. The molecule has 1 aliphatic rings. The Morgan fingerprint density at radius 1 is 0.513 bits per heavy atom. The predicted octanol–water partition coefficient (Wildman–Crippen LogP) is 15.6. The lowest BCUT2D eigenvalue weighted by molar-refractivity contribution is -0.305. The summed E-state index contributed by atoms with van der Waals surface area (Å²) in [6.07, 6.45) is 59.3. The van der Waals surface area contributed by atoms with Gasteiger partial charge in [0.15, 0.2) is 12.4 Å². The number of unbranched alkanes of at least 4 members (excludes halogenated alkanes) is 31. The van der Waals surface area contributed by atoms with Gasteiger partial charge in [-0.05, 0) is 89.9 Å². The summed E-state index contributed by atoms with van der Waals surface area (Å²) in [7, 11) is 0. The van der Waals surface area contributed by atoms with Gasteiger partial charge in [-0.1, -0.05) is 254 Å². The highest BCUT2D eigenvalue weighted by molar-refractivity contribution is 5.80. The molecule has 0 bridgehead atoms. The van der Waals surface area contributed by atoms with E-state index in [0.29, 0.717) is 12.8 Å². The predicted molar refractivity (Wildman–Crippen MR) is 324 cm³/mol. The number of hydrogen-bond acceptors (Lipinski definition) is 10. The second kappa shape index (κ2) is 54.7. The van der Waals surface area contributed by atoms with Crippen LogP contribution in [0.25, 0.3) is 0 Å². The molecule has 11 nitrogen and oxygen atoms in total. The highest BCUT2D eigenvalue weighted by Crippen LogP contribution is 2.26. The van der Waals surface area contributed by atoms with E-state index in [1.165, 1.54) is 128 Å². The van der Waals surface area contributed by atoms with Crippen LogP contribution in [-0.4, -0.2) is 99.6 Å². The van der Waals surface area contributed by atoms with Crippen LogP contribution in [0.15, 0.2) is 72.9 Å². The van der Waals surface area contributed by atoms with Crippen molar-refractivity contribution >= 4 is 11.9 Å². The summed E-state index contributed by atoms with van der Waals surface area (Å²) in [6, 6.07) is -1.03. The van der Waals surface area contributed by atoms with Gasteiger partial charge in [-0.2, -0.15) is 0 Å². The lowest BCUT2D eigenvalue weighted by atomic mass is 9.99. The smallest absolute Gasteiger partial charge is 0.306 e. The number of aliphatic hydroxyl groups is 5. The molecule has 1 saturated heterocycles. The minimum atomic E-state index is -1.62. The Bertz CT molecular complexity index is 1540. The zero-order chi connectivity index (χ0) is 56.8. The van der Waals surface area contributed by atoms with Crippen LogP contribution < -0.4 is 5.32 Å². The quantitative estimate of drug-likeness (QED) is 0.0149. The maximum absolute atomic E-state index is 13.4. The van der Waals surface area contributed by atoms with Gasteiger partial charge in [-0.3, -0.25) is 9.59 Å². The molecule has 1 fully saturated rings. The van der Waals surface area contributed by atoms with Gasteiger partial charge >= 0.3 is 5.97 Å². The molecule has 8 atom stereocenters.